The number of carbonyl (C=O) groups excluding carboxylic acids is 2. The summed E-state index contributed by atoms with van der Waals surface area (Å²) < 4.78 is 10.5. The van der Waals surface area contributed by atoms with Crippen LogP contribution in [-0.2, 0) is 27.1 Å². The van der Waals surface area contributed by atoms with Gasteiger partial charge in [0.15, 0.2) is 0 Å². The predicted octanol–water partition coefficient (Wildman–Crippen LogP) is 2.84. The van der Waals surface area contributed by atoms with Gasteiger partial charge in [0, 0.05) is 0 Å². The van der Waals surface area contributed by atoms with Crippen molar-refractivity contribution in [2.75, 3.05) is 19.8 Å². The second-order valence-electron chi connectivity index (χ2n) is 5.97. The quantitative estimate of drug-likeness (QED) is 0.728. The maximum absolute atomic E-state index is 12.4. The van der Waals surface area contributed by atoms with Crippen molar-refractivity contribution < 1.29 is 19.1 Å². The van der Waals surface area contributed by atoms with Crippen molar-refractivity contribution in [3.8, 4) is 0 Å². The summed E-state index contributed by atoms with van der Waals surface area (Å²) in [5.41, 5.74) is 2.21. The van der Waals surface area contributed by atoms with E-state index in [2.05, 4.69) is 0 Å². The molecule has 2 aromatic carbocycles. The number of amides is 2. The third-order valence-electron chi connectivity index (χ3n) is 4.15. The van der Waals surface area contributed by atoms with Gasteiger partial charge in [-0.25, -0.2) is 9.69 Å². The molecule has 0 aliphatic carbocycles. The van der Waals surface area contributed by atoms with Crippen LogP contribution in [0.15, 0.2) is 60.7 Å². The summed E-state index contributed by atoms with van der Waals surface area (Å²) in [4.78, 5) is 25.5. The lowest BCUT2D eigenvalue weighted by atomic mass is 10.1. The van der Waals surface area contributed by atoms with Gasteiger partial charge in [-0.05, 0) is 24.0 Å². The molecule has 0 bridgehead atoms. The van der Waals surface area contributed by atoms with Crippen LogP contribution in [0.5, 0.6) is 0 Å². The average Bonchev–Trinajstić information content (AvgIpc) is 3.00. The standard InChI is InChI=1S/C20H21NO4/c22-19(15-24-12-11-16-7-3-1-4-8-16)21-18(14-25-20(21)23)13-17-9-5-2-6-10-17/h1-10,18H,11-15H2/t18-/m0/s1. The first-order valence-electron chi connectivity index (χ1n) is 8.38. The second-order valence-corrected chi connectivity index (χ2v) is 5.97. The van der Waals surface area contributed by atoms with Gasteiger partial charge >= 0.3 is 6.09 Å². The number of ether oxygens (including phenoxy) is 2. The monoisotopic (exact) mass is 339 g/mol. The van der Waals surface area contributed by atoms with E-state index < -0.39 is 6.09 Å². The van der Waals surface area contributed by atoms with Crippen molar-refractivity contribution in [2.45, 2.75) is 18.9 Å². The molecular weight excluding hydrogens is 318 g/mol. The fraction of sp³-hybridized carbons (Fsp3) is 0.300. The van der Waals surface area contributed by atoms with Crippen molar-refractivity contribution in [1.82, 2.24) is 4.90 Å². The first-order chi connectivity index (χ1) is 12.2. The highest BCUT2D eigenvalue weighted by molar-refractivity contribution is 5.94. The minimum Gasteiger partial charge on any atom is -0.447 e. The maximum Gasteiger partial charge on any atom is 0.417 e. The van der Waals surface area contributed by atoms with E-state index in [1.807, 2.05) is 60.7 Å². The average molecular weight is 339 g/mol. The van der Waals surface area contributed by atoms with Gasteiger partial charge in [0.2, 0.25) is 0 Å². The number of nitrogens with zero attached hydrogens (tertiary/aromatic N) is 1. The number of cyclic esters (lactones) is 1. The summed E-state index contributed by atoms with van der Waals surface area (Å²) in [6.45, 7) is 0.540. The van der Waals surface area contributed by atoms with E-state index in [-0.39, 0.29) is 25.2 Å². The van der Waals surface area contributed by atoms with E-state index in [1.54, 1.807) is 0 Å². The van der Waals surface area contributed by atoms with Crippen LogP contribution in [0.4, 0.5) is 4.79 Å². The van der Waals surface area contributed by atoms with Crippen LogP contribution in [0, 0.1) is 0 Å². The molecule has 130 valence electrons. The highest BCUT2D eigenvalue weighted by Gasteiger charge is 2.37. The number of carbonyl (C=O) groups is 2. The first-order valence-corrected chi connectivity index (χ1v) is 8.38. The summed E-state index contributed by atoms with van der Waals surface area (Å²) in [6, 6.07) is 19.4. The lowest BCUT2D eigenvalue weighted by Crippen LogP contribution is -2.42. The fourth-order valence-corrected chi connectivity index (χ4v) is 2.87. The third kappa shape index (κ3) is 4.67. The van der Waals surface area contributed by atoms with Crippen LogP contribution in [0.25, 0.3) is 0 Å². The topological polar surface area (TPSA) is 55.8 Å². The molecule has 0 radical (unpaired) electrons. The predicted molar refractivity (Wildman–Crippen MR) is 93.1 cm³/mol. The molecule has 5 heteroatoms. The second kappa shape index (κ2) is 8.44. The van der Waals surface area contributed by atoms with E-state index in [9.17, 15) is 9.59 Å². The first kappa shape index (κ1) is 17.2. The Morgan fingerprint density at radius 2 is 1.68 bits per heavy atom. The molecule has 1 aliphatic heterocycles. The Morgan fingerprint density at radius 1 is 1.04 bits per heavy atom. The molecule has 1 aliphatic rings. The SMILES string of the molecule is O=C(COCCc1ccccc1)N1C(=O)OC[C@@H]1Cc1ccccc1. The fourth-order valence-electron chi connectivity index (χ4n) is 2.87. The normalized spacial score (nSPS) is 16.7. The Kier molecular flexibility index (Phi) is 5.80. The number of hydrogen-bond acceptors (Lipinski definition) is 4. The molecule has 0 aromatic heterocycles. The zero-order valence-corrected chi connectivity index (χ0v) is 14.0. The van der Waals surface area contributed by atoms with E-state index in [0.29, 0.717) is 13.0 Å². The molecule has 0 N–H and O–H groups in total. The Bertz CT molecular complexity index is 702. The molecule has 0 unspecified atom stereocenters. The van der Waals surface area contributed by atoms with Gasteiger partial charge in [-0.1, -0.05) is 60.7 Å². The lowest BCUT2D eigenvalue weighted by Gasteiger charge is -2.19. The van der Waals surface area contributed by atoms with Crippen molar-refractivity contribution in [3.05, 3.63) is 71.8 Å². The van der Waals surface area contributed by atoms with E-state index in [4.69, 9.17) is 9.47 Å². The molecular formula is C20H21NO4. The Morgan fingerprint density at radius 3 is 2.36 bits per heavy atom. The minimum absolute atomic E-state index is 0.118. The van der Waals surface area contributed by atoms with Crippen molar-refractivity contribution in [1.29, 1.82) is 0 Å². The smallest absolute Gasteiger partial charge is 0.417 e. The Balaban J connectivity index is 1.49. The summed E-state index contributed by atoms with van der Waals surface area (Å²) >= 11 is 0. The van der Waals surface area contributed by atoms with Crippen LogP contribution in [0.1, 0.15) is 11.1 Å². The molecule has 3 rings (SSSR count). The number of imide groups is 1. The van der Waals surface area contributed by atoms with Gasteiger partial charge in [-0.3, -0.25) is 4.79 Å². The summed E-state index contributed by atoms with van der Waals surface area (Å²) in [6.07, 6.45) is 0.728. The molecule has 1 heterocycles. The van der Waals surface area contributed by atoms with E-state index in [0.717, 1.165) is 17.5 Å². The van der Waals surface area contributed by atoms with Crippen LogP contribution in [-0.4, -0.2) is 42.8 Å². The van der Waals surface area contributed by atoms with Crippen LogP contribution >= 0.6 is 0 Å². The Hall–Kier alpha value is -2.66. The third-order valence-corrected chi connectivity index (χ3v) is 4.15. The van der Waals surface area contributed by atoms with Gasteiger partial charge in [-0.2, -0.15) is 0 Å². The van der Waals surface area contributed by atoms with E-state index >= 15 is 0 Å². The molecule has 5 nitrogen and oxygen atoms in total. The molecule has 2 aromatic rings. The summed E-state index contributed by atoms with van der Waals surface area (Å²) in [5, 5.41) is 0. The largest absolute Gasteiger partial charge is 0.447 e. The molecule has 1 fully saturated rings. The van der Waals surface area contributed by atoms with Crippen molar-refractivity contribution in [3.63, 3.8) is 0 Å². The highest BCUT2D eigenvalue weighted by atomic mass is 16.6. The van der Waals surface area contributed by atoms with Gasteiger partial charge in [0.25, 0.3) is 5.91 Å². The molecule has 1 saturated heterocycles. The summed E-state index contributed by atoms with van der Waals surface area (Å²) in [7, 11) is 0. The molecule has 0 spiro atoms. The number of rotatable bonds is 7. The minimum atomic E-state index is -0.586. The lowest BCUT2D eigenvalue weighted by molar-refractivity contribution is -0.134. The van der Waals surface area contributed by atoms with Crippen LogP contribution < -0.4 is 0 Å². The Labute approximate surface area is 147 Å². The number of benzene rings is 2. The van der Waals surface area contributed by atoms with Gasteiger partial charge in [-0.15, -0.1) is 0 Å². The molecule has 25 heavy (non-hydrogen) atoms. The van der Waals surface area contributed by atoms with Gasteiger partial charge < -0.3 is 9.47 Å². The molecule has 2 amide bonds. The van der Waals surface area contributed by atoms with Gasteiger partial charge in [0.1, 0.15) is 13.2 Å². The van der Waals surface area contributed by atoms with Gasteiger partial charge in [0.05, 0.1) is 12.6 Å². The van der Waals surface area contributed by atoms with E-state index in [1.165, 1.54) is 4.90 Å². The summed E-state index contributed by atoms with van der Waals surface area (Å²) in [5.74, 6) is -0.350. The molecule has 0 saturated carbocycles. The highest BCUT2D eigenvalue weighted by Crippen LogP contribution is 2.17. The zero-order chi connectivity index (χ0) is 17.5. The zero-order valence-electron chi connectivity index (χ0n) is 14.0. The number of hydrogen-bond donors (Lipinski definition) is 0. The van der Waals surface area contributed by atoms with Crippen LogP contribution in [0.2, 0.25) is 0 Å². The molecule has 1 atom stereocenters. The van der Waals surface area contributed by atoms with Crippen molar-refractivity contribution in [2.24, 2.45) is 0 Å². The van der Waals surface area contributed by atoms with Crippen molar-refractivity contribution >= 4 is 12.0 Å². The maximum atomic E-state index is 12.4. The van der Waals surface area contributed by atoms with Crippen LogP contribution in [0.3, 0.4) is 0 Å².